The molecule has 0 fully saturated rings. The lowest BCUT2D eigenvalue weighted by molar-refractivity contribution is 0.0517. The van der Waals surface area contributed by atoms with Gasteiger partial charge in [0, 0.05) is 11.5 Å². The van der Waals surface area contributed by atoms with Gasteiger partial charge in [0.1, 0.15) is 0 Å². The highest BCUT2D eigenvalue weighted by molar-refractivity contribution is 8.14. The standard InChI is InChI=1S/C27H28N4O6S2/c1-3-36-24(32)16-8-10-18-20(14-16)30-22(28-18)26(34)38-12-6-5-7-13-39-27(35)23-29-19-11-9-17(15-21(19)31-23)25(33)37-4-2/h8-11,14-15H,3-7,12-13H2,1-2H3,(H,28,30)(H,29,31). The maximum atomic E-state index is 12.5. The van der Waals surface area contributed by atoms with E-state index in [9.17, 15) is 19.2 Å². The summed E-state index contributed by atoms with van der Waals surface area (Å²) >= 11 is 2.37. The molecule has 0 aliphatic rings. The molecule has 0 saturated heterocycles. The summed E-state index contributed by atoms with van der Waals surface area (Å²) in [7, 11) is 0. The Labute approximate surface area is 233 Å². The molecular weight excluding hydrogens is 540 g/mol. The van der Waals surface area contributed by atoms with Crippen molar-refractivity contribution in [2.45, 2.75) is 33.1 Å². The second-order valence-electron chi connectivity index (χ2n) is 8.41. The van der Waals surface area contributed by atoms with E-state index in [1.165, 1.54) is 23.5 Å². The second-order valence-corrected chi connectivity index (χ2v) is 10.5. The lowest BCUT2D eigenvalue weighted by Gasteiger charge is -2.00. The van der Waals surface area contributed by atoms with Crippen LogP contribution in [-0.4, -0.2) is 66.8 Å². The van der Waals surface area contributed by atoms with Gasteiger partial charge in [-0.3, -0.25) is 9.59 Å². The van der Waals surface area contributed by atoms with Crippen molar-refractivity contribution in [3.05, 3.63) is 59.2 Å². The first-order chi connectivity index (χ1) is 18.9. The van der Waals surface area contributed by atoms with Crippen LogP contribution < -0.4 is 0 Å². The predicted octanol–water partition coefficient (Wildman–Crippen LogP) is 5.41. The molecule has 0 aliphatic heterocycles. The number of benzene rings is 2. The first kappa shape index (κ1) is 28.4. The molecule has 0 amide bonds. The minimum Gasteiger partial charge on any atom is -0.462 e. The largest absolute Gasteiger partial charge is 0.462 e. The summed E-state index contributed by atoms with van der Waals surface area (Å²) in [6.45, 7) is 4.06. The summed E-state index contributed by atoms with van der Waals surface area (Å²) < 4.78 is 10.0. The lowest BCUT2D eigenvalue weighted by atomic mass is 10.2. The summed E-state index contributed by atoms with van der Waals surface area (Å²) in [5, 5.41) is -0.325. The van der Waals surface area contributed by atoms with E-state index >= 15 is 0 Å². The van der Waals surface area contributed by atoms with E-state index < -0.39 is 11.9 Å². The number of H-pyrrole nitrogens is 2. The van der Waals surface area contributed by atoms with Crippen molar-refractivity contribution in [2.24, 2.45) is 0 Å². The van der Waals surface area contributed by atoms with Crippen LogP contribution in [0.2, 0.25) is 0 Å². The second kappa shape index (κ2) is 13.4. The third-order valence-electron chi connectivity index (χ3n) is 5.63. The fraction of sp³-hybridized carbons (Fsp3) is 0.333. The summed E-state index contributed by atoms with van der Waals surface area (Å²) in [6, 6.07) is 9.91. The van der Waals surface area contributed by atoms with Crippen LogP contribution in [0.5, 0.6) is 0 Å². The number of unbranched alkanes of at least 4 members (excludes halogenated alkanes) is 2. The molecule has 0 aliphatic carbocycles. The normalized spacial score (nSPS) is 11.1. The molecule has 0 spiro atoms. The van der Waals surface area contributed by atoms with Crippen LogP contribution in [0.15, 0.2) is 36.4 Å². The van der Waals surface area contributed by atoms with Crippen molar-refractivity contribution in [1.29, 1.82) is 0 Å². The highest BCUT2D eigenvalue weighted by Crippen LogP contribution is 2.21. The van der Waals surface area contributed by atoms with Crippen LogP contribution >= 0.6 is 23.5 Å². The van der Waals surface area contributed by atoms with E-state index in [4.69, 9.17) is 9.47 Å². The van der Waals surface area contributed by atoms with Gasteiger partial charge in [0.2, 0.25) is 0 Å². The van der Waals surface area contributed by atoms with Gasteiger partial charge in [-0.1, -0.05) is 29.9 Å². The first-order valence-corrected chi connectivity index (χ1v) is 14.5. The van der Waals surface area contributed by atoms with Crippen molar-refractivity contribution < 1.29 is 28.7 Å². The Morgan fingerprint density at radius 2 is 1.13 bits per heavy atom. The number of aromatic amines is 2. The zero-order valence-corrected chi connectivity index (χ0v) is 23.2. The minimum atomic E-state index is -0.424. The SMILES string of the molecule is CCOC(=O)c1ccc2[nH]c(C(=O)SCCCCCSC(=O)c3nc4cc(C(=O)OCC)ccc4[nH]3)nc2c1. The Balaban J connectivity index is 1.17. The smallest absolute Gasteiger partial charge is 0.338 e. The topological polar surface area (TPSA) is 144 Å². The average Bonchev–Trinajstić information content (AvgIpc) is 3.56. The zero-order chi connectivity index (χ0) is 27.8. The maximum absolute atomic E-state index is 12.5. The van der Waals surface area contributed by atoms with E-state index in [1.54, 1.807) is 50.2 Å². The first-order valence-electron chi connectivity index (χ1n) is 12.6. The number of fused-ring (bicyclic) bond motifs is 2. The number of hydrogen-bond acceptors (Lipinski definition) is 10. The molecule has 2 heterocycles. The molecule has 10 nitrogen and oxygen atoms in total. The van der Waals surface area contributed by atoms with E-state index in [0.29, 0.717) is 44.7 Å². The monoisotopic (exact) mass is 568 g/mol. The van der Waals surface area contributed by atoms with Gasteiger partial charge in [-0.2, -0.15) is 0 Å². The molecular formula is C27H28N4O6S2. The summed E-state index contributed by atoms with van der Waals surface area (Å²) in [6.07, 6.45) is 2.51. The van der Waals surface area contributed by atoms with E-state index in [-0.39, 0.29) is 35.1 Å². The minimum absolute atomic E-state index is 0.163. The Morgan fingerprint density at radius 3 is 1.54 bits per heavy atom. The molecule has 204 valence electrons. The molecule has 2 N–H and O–H groups in total. The number of carbonyl (C=O) groups excluding carboxylic acids is 4. The molecule has 39 heavy (non-hydrogen) atoms. The molecule has 0 bridgehead atoms. The van der Waals surface area contributed by atoms with Gasteiger partial charge in [0.05, 0.1) is 46.4 Å². The number of rotatable bonds is 12. The molecule has 0 atom stereocenters. The Kier molecular flexibility index (Phi) is 9.77. The molecule has 0 unspecified atom stereocenters. The van der Waals surface area contributed by atoms with Crippen molar-refractivity contribution in [1.82, 2.24) is 19.9 Å². The Hall–Kier alpha value is -3.64. The molecule has 4 rings (SSSR count). The van der Waals surface area contributed by atoms with E-state index in [1.807, 2.05) is 0 Å². The number of nitrogens with zero attached hydrogens (tertiary/aromatic N) is 2. The van der Waals surface area contributed by atoms with Crippen LogP contribution in [0.25, 0.3) is 22.1 Å². The number of aromatic nitrogens is 4. The quantitative estimate of drug-likeness (QED) is 0.168. The number of esters is 2. The summed E-state index contributed by atoms with van der Waals surface area (Å²) in [5.74, 6) is 0.914. The number of thioether (sulfide) groups is 2. The number of imidazole rings is 2. The molecule has 0 radical (unpaired) electrons. The molecule has 12 heteroatoms. The van der Waals surface area contributed by atoms with Crippen LogP contribution in [0.4, 0.5) is 0 Å². The highest BCUT2D eigenvalue weighted by Gasteiger charge is 2.16. The van der Waals surface area contributed by atoms with Gasteiger partial charge in [-0.05, 0) is 63.1 Å². The third-order valence-corrected chi connectivity index (χ3v) is 7.53. The lowest BCUT2D eigenvalue weighted by Crippen LogP contribution is -2.04. The zero-order valence-electron chi connectivity index (χ0n) is 21.6. The number of hydrogen-bond donors (Lipinski definition) is 2. The number of nitrogens with one attached hydrogen (secondary N) is 2. The highest BCUT2D eigenvalue weighted by atomic mass is 32.2. The van der Waals surface area contributed by atoms with Gasteiger partial charge >= 0.3 is 11.9 Å². The van der Waals surface area contributed by atoms with Gasteiger partial charge in [0.25, 0.3) is 10.2 Å². The maximum Gasteiger partial charge on any atom is 0.338 e. The molecule has 2 aromatic heterocycles. The molecule has 2 aromatic carbocycles. The van der Waals surface area contributed by atoms with Crippen molar-refractivity contribution in [2.75, 3.05) is 24.7 Å². The fourth-order valence-electron chi connectivity index (χ4n) is 3.74. The van der Waals surface area contributed by atoms with E-state index in [0.717, 1.165) is 19.3 Å². The number of carbonyl (C=O) groups is 4. The third kappa shape index (κ3) is 7.27. The Morgan fingerprint density at radius 1 is 0.692 bits per heavy atom. The Bertz CT molecular complexity index is 1400. The summed E-state index contributed by atoms with van der Waals surface area (Å²) in [4.78, 5) is 63.5. The van der Waals surface area contributed by atoms with Gasteiger partial charge < -0.3 is 19.4 Å². The van der Waals surface area contributed by atoms with E-state index in [2.05, 4.69) is 19.9 Å². The van der Waals surface area contributed by atoms with Crippen LogP contribution in [0.3, 0.4) is 0 Å². The summed E-state index contributed by atoms with van der Waals surface area (Å²) in [5.41, 5.74) is 3.21. The molecule has 0 saturated carbocycles. The van der Waals surface area contributed by atoms with Gasteiger partial charge in [-0.15, -0.1) is 0 Å². The van der Waals surface area contributed by atoms with Gasteiger partial charge in [-0.25, -0.2) is 19.6 Å². The average molecular weight is 569 g/mol. The predicted molar refractivity (Wildman–Crippen MR) is 152 cm³/mol. The van der Waals surface area contributed by atoms with Crippen molar-refractivity contribution >= 4 is 67.8 Å². The fourth-order valence-corrected chi connectivity index (χ4v) is 5.27. The number of ether oxygens (including phenoxy) is 2. The van der Waals surface area contributed by atoms with Gasteiger partial charge in [0.15, 0.2) is 11.6 Å². The molecule has 4 aromatic rings. The van der Waals surface area contributed by atoms with Crippen LogP contribution in [-0.2, 0) is 9.47 Å². The van der Waals surface area contributed by atoms with Crippen LogP contribution in [0, 0.1) is 0 Å². The van der Waals surface area contributed by atoms with Crippen molar-refractivity contribution in [3.8, 4) is 0 Å². The van der Waals surface area contributed by atoms with Crippen LogP contribution in [0.1, 0.15) is 75.1 Å². The van der Waals surface area contributed by atoms with Crippen molar-refractivity contribution in [3.63, 3.8) is 0 Å².